The lowest BCUT2D eigenvalue weighted by molar-refractivity contribution is 1.27. The van der Waals surface area contributed by atoms with Crippen LogP contribution in [0.25, 0.3) is 10.8 Å². The molecule has 0 aliphatic carbocycles. The summed E-state index contributed by atoms with van der Waals surface area (Å²) in [4.78, 5) is 0. The zero-order chi connectivity index (χ0) is 9.97. The molecule has 0 saturated heterocycles. The maximum absolute atomic E-state index is 8.57. The lowest BCUT2D eigenvalue weighted by Gasteiger charge is -2.01. The first-order valence-corrected chi connectivity index (χ1v) is 4.45. The van der Waals surface area contributed by atoms with Crippen LogP contribution >= 0.6 is 0 Å². The van der Waals surface area contributed by atoms with Crippen molar-refractivity contribution < 1.29 is 0 Å². The van der Waals surface area contributed by atoms with Gasteiger partial charge in [-0.3, -0.25) is 0 Å². The molecule has 0 unspecified atom stereocenters. The van der Waals surface area contributed by atoms with Crippen molar-refractivity contribution >= 4 is 16.5 Å². The van der Waals surface area contributed by atoms with Gasteiger partial charge in [0.1, 0.15) is 0 Å². The molecule has 2 rings (SSSR count). The molecule has 0 aromatic heterocycles. The van der Waals surface area contributed by atoms with Crippen molar-refractivity contribution in [1.29, 1.82) is 5.26 Å². The highest BCUT2D eigenvalue weighted by Crippen LogP contribution is 2.18. The van der Waals surface area contributed by atoms with Crippen LogP contribution in [0.5, 0.6) is 0 Å². The summed E-state index contributed by atoms with van der Waals surface area (Å²) >= 11 is 0. The summed E-state index contributed by atoms with van der Waals surface area (Å²) in [5.41, 5.74) is 7.48. The zero-order valence-electron chi connectivity index (χ0n) is 7.70. The van der Waals surface area contributed by atoms with Crippen molar-refractivity contribution in [1.82, 2.24) is 0 Å². The summed E-state index contributed by atoms with van der Waals surface area (Å²) in [5.74, 6) is 0. The predicted octanol–water partition coefficient (Wildman–Crippen LogP) is 2.49. The number of nitrogens with zero attached hydrogens (tertiary/aromatic N) is 1. The summed E-state index contributed by atoms with van der Waals surface area (Å²) in [5, 5.41) is 10.8. The van der Waals surface area contributed by atoms with Gasteiger partial charge in [-0.1, -0.05) is 24.3 Å². The molecule has 0 spiro atoms. The SMILES string of the molecule is N#CCc1ccc2cc(N)ccc2c1. The largest absolute Gasteiger partial charge is 0.399 e. The van der Waals surface area contributed by atoms with E-state index >= 15 is 0 Å². The van der Waals surface area contributed by atoms with Crippen molar-refractivity contribution in [2.75, 3.05) is 5.73 Å². The van der Waals surface area contributed by atoms with E-state index in [2.05, 4.69) is 6.07 Å². The van der Waals surface area contributed by atoms with Gasteiger partial charge in [-0.05, 0) is 28.5 Å². The second-order valence-electron chi connectivity index (χ2n) is 3.28. The van der Waals surface area contributed by atoms with Gasteiger partial charge >= 0.3 is 0 Å². The van der Waals surface area contributed by atoms with E-state index in [1.165, 1.54) is 0 Å². The first-order valence-electron chi connectivity index (χ1n) is 4.45. The summed E-state index contributed by atoms with van der Waals surface area (Å²) in [7, 11) is 0. The van der Waals surface area contributed by atoms with Crippen LogP contribution in [0.15, 0.2) is 36.4 Å². The normalized spacial score (nSPS) is 9.93. The third-order valence-corrected chi connectivity index (χ3v) is 2.21. The van der Waals surface area contributed by atoms with Crippen LogP contribution in [0.3, 0.4) is 0 Å². The Morgan fingerprint density at radius 1 is 1.07 bits per heavy atom. The predicted molar refractivity (Wildman–Crippen MR) is 57.7 cm³/mol. The van der Waals surface area contributed by atoms with E-state index in [1.807, 2.05) is 36.4 Å². The molecule has 2 nitrogen and oxygen atoms in total. The van der Waals surface area contributed by atoms with Crippen LogP contribution < -0.4 is 5.73 Å². The fourth-order valence-corrected chi connectivity index (χ4v) is 1.51. The molecule has 0 fully saturated rings. The number of anilines is 1. The van der Waals surface area contributed by atoms with Gasteiger partial charge in [0.05, 0.1) is 12.5 Å². The first kappa shape index (κ1) is 8.58. The van der Waals surface area contributed by atoms with E-state index in [9.17, 15) is 0 Å². The Kier molecular flexibility index (Phi) is 2.08. The highest BCUT2D eigenvalue weighted by atomic mass is 14.5. The average Bonchev–Trinajstić information content (AvgIpc) is 2.19. The van der Waals surface area contributed by atoms with Gasteiger partial charge in [0, 0.05) is 5.69 Å². The highest BCUT2D eigenvalue weighted by molar-refractivity contribution is 5.85. The molecule has 0 saturated carbocycles. The number of hydrogen-bond donors (Lipinski definition) is 1. The first-order chi connectivity index (χ1) is 6.79. The average molecular weight is 182 g/mol. The monoisotopic (exact) mass is 182 g/mol. The fraction of sp³-hybridized carbons (Fsp3) is 0.0833. The molecule has 0 atom stereocenters. The van der Waals surface area contributed by atoms with Crippen molar-refractivity contribution in [3.05, 3.63) is 42.0 Å². The van der Waals surface area contributed by atoms with E-state index in [4.69, 9.17) is 11.0 Å². The molecule has 2 aromatic rings. The summed E-state index contributed by atoms with van der Waals surface area (Å²) in [6, 6.07) is 13.9. The maximum atomic E-state index is 8.57. The van der Waals surface area contributed by atoms with Crippen LogP contribution in [-0.4, -0.2) is 0 Å². The lowest BCUT2D eigenvalue weighted by Crippen LogP contribution is -1.85. The number of hydrogen-bond acceptors (Lipinski definition) is 2. The number of rotatable bonds is 1. The van der Waals surface area contributed by atoms with Gasteiger partial charge in [-0.2, -0.15) is 5.26 Å². The van der Waals surface area contributed by atoms with Crippen molar-refractivity contribution in [2.45, 2.75) is 6.42 Å². The van der Waals surface area contributed by atoms with E-state index in [-0.39, 0.29) is 0 Å². The zero-order valence-corrected chi connectivity index (χ0v) is 7.70. The fourth-order valence-electron chi connectivity index (χ4n) is 1.51. The molecule has 68 valence electrons. The van der Waals surface area contributed by atoms with E-state index < -0.39 is 0 Å². The van der Waals surface area contributed by atoms with Crippen molar-refractivity contribution in [2.24, 2.45) is 0 Å². The number of nitriles is 1. The van der Waals surface area contributed by atoms with E-state index in [0.717, 1.165) is 22.0 Å². The Hall–Kier alpha value is -2.01. The number of nitrogen functional groups attached to an aromatic ring is 1. The second-order valence-corrected chi connectivity index (χ2v) is 3.28. The van der Waals surface area contributed by atoms with Crippen LogP contribution in [-0.2, 0) is 6.42 Å². The number of benzene rings is 2. The standard InChI is InChI=1S/C12H10N2/c13-6-5-9-1-2-11-8-12(14)4-3-10(11)7-9/h1-4,7-8H,5,14H2. The van der Waals surface area contributed by atoms with Crippen LogP contribution in [0.1, 0.15) is 5.56 Å². The van der Waals surface area contributed by atoms with Gasteiger partial charge in [0.25, 0.3) is 0 Å². The maximum Gasteiger partial charge on any atom is 0.0669 e. The van der Waals surface area contributed by atoms with E-state index in [1.54, 1.807) is 0 Å². The highest BCUT2D eigenvalue weighted by Gasteiger charge is 1.96. The molecule has 2 heteroatoms. The Labute approximate surface area is 82.6 Å². The topological polar surface area (TPSA) is 49.8 Å². The molecular formula is C12H10N2. The molecule has 0 radical (unpaired) electrons. The Morgan fingerprint density at radius 3 is 2.57 bits per heavy atom. The third kappa shape index (κ3) is 1.53. The Balaban J connectivity index is 2.57. The molecule has 0 aliphatic heterocycles. The Morgan fingerprint density at radius 2 is 1.79 bits per heavy atom. The molecule has 14 heavy (non-hydrogen) atoms. The van der Waals surface area contributed by atoms with Crippen LogP contribution in [0, 0.1) is 11.3 Å². The van der Waals surface area contributed by atoms with E-state index in [0.29, 0.717) is 6.42 Å². The molecule has 0 heterocycles. The quantitative estimate of drug-likeness (QED) is 0.689. The van der Waals surface area contributed by atoms with Gasteiger partial charge in [-0.15, -0.1) is 0 Å². The minimum atomic E-state index is 0.459. The minimum Gasteiger partial charge on any atom is -0.399 e. The third-order valence-electron chi connectivity index (χ3n) is 2.21. The van der Waals surface area contributed by atoms with Gasteiger partial charge in [0.2, 0.25) is 0 Å². The van der Waals surface area contributed by atoms with Crippen molar-refractivity contribution in [3.8, 4) is 6.07 Å². The lowest BCUT2D eigenvalue weighted by atomic mass is 10.1. The summed E-state index contributed by atoms with van der Waals surface area (Å²) in [6.07, 6.45) is 0.459. The molecule has 2 N–H and O–H groups in total. The molecular weight excluding hydrogens is 172 g/mol. The van der Waals surface area contributed by atoms with Gasteiger partial charge in [0.15, 0.2) is 0 Å². The summed E-state index contributed by atoms with van der Waals surface area (Å²) < 4.78 is 0. The van der Waals surface area contributed by atoms with Crippen LogP contribution in [0.2, 0.25) is 0 Å². The molecule has 2 aromatic carbocycles. The Bertz CT molecular complexity index is 509. The molecule has 0 aliphatic rings. The number of fused-ring (bicyclic) bond motifs is 1. The smallest absolute Gasteiger partial charge is 0.0669 e. The van der Waals surface area contributed by atoms with Gasteiger partial charge in [-0.25, -0.2) is 0 Å². The molecule has 0 bridgehead atoms. The summed E-state index contributed by atoms with van der Waals surface area (Å²) in [6.45, 7) is 0. The number of nitrogens with two attached hydrogens (primary N) is 1. The second kappa shape index (κ2) is 3.39. The van der Waals surface area contributed by atoms with Crippen LogP contribution in [0.4, 0.5) is 5.69 Å². The van der Waals surface area contributed by atoms with Crippen molar-refractivity contribution in [3.63, 3.8) is 0 Å². The molecule has 0 amide bonds. The minimum absolute atomic E-state index is 0.459. The van der Waals surface area contributed by atoms with Gasteiger partial charge < -0.3 is 5.73 Å².